The van der Waals surface area contributed by atoms with E-state index >= 15 is 0 Å². The van der Waals surface area contributed by atoms with Gasteiger partial charge in [0, 0.05) is 16.7 Å². The first-order valence-electron chi connectivity index (χ1n) is 21.2. The van der Waals surface area contributed by atoms with Crippen molar-refractivity contribution < 1.29 is 0 Å². The summed E-state index contributed by atoms with van der Waals surface area (Å²) in [5.74, 6) is 0.698. The van der Waals surface area contributed by atoms with E-state index in [4.69, 9.17) is 9.97 Å². The smallest absolute Gasteiger partial charge is 0.160 e. The highest BCUT2D eigenvalue weighted by atomic mass is 14.9. The molecule has 0 atom stereocenters. The summed E-state index contributed by atoms with van der Waals surface area (Å²) < 4.78 is 0. The van der Waals surface area contributed by atoms with Crippen molar-refractivity contribution in [2.24, 2.45) is 0 Å². The molecule has 0 saturated heterocycles. The Labute approximate surface area is 360 Å². The Morgan fingerprint density at radius 2 is 0.774 bits per heavy atom. The predicted octanol–water partition coefficient (Wildman–Crippen LogP) is 16.2. The van der Waals surface area contributed by atoms with Crippen LogP contribution in [0.4, 0.5) is 0 Å². The number of hydrogen-bond donors (Lipinski definition) is 0. The van der Waals surface area contributed by atoms with Crippen molar-refractivity contribution in [2.75, 3.05) is 0 Å². The summed E-state index contributed by atoms with van der Waals surface area (Å²) in [6, 6.07) is 83.0. The Bertz CT molecular complexity index is 3680. The topological polar surface area (TPSA) is 25.8 Å². The van der Waals surface area contributed by atoms with Gasteiger partial charge in [0.25, 0.3) is 0 Å². The minimum Gasteiger partial charge on any atom is -0.228 e. The second-order valence-electron chi connectivity index (χ2n) is 16.1. The molecule has 288 valence electrons. The third-order valence-electron chi connectivity index (χ3n) is 12.5. The lowest BCUT2D eigenvalue weighted by atomic mass is 9.88. The van der Waals surface area contributed by atoms with Crippen molar-refractivity contribution in [3.8, 4) is 67.3 Å². The fraction of sp³-hybridized carbons (Fsp3) is 0. The Hall–Kier alpha value is -8.20. The van der Waals surface area contributed by atoms with Crippen LogP contribution in [0.1, 0.15) is 0 Å². The minimum atomic E-state index is 0.698. The largest absolute Gasteiger partial charge is 0.228 e. The van der Waals surface area contributed by atoms with Gasteiger partial charge in [-0.2, -0.15) is 0 Å². The Kier molecular flexibility index (Phi) is 8.53. The van der Waals surface area contributed by atoms with Crippen molar-refractivity contribution in [1.29, 1.82) is 0 Å². The van der Waals surface area contributed by atoms with Gasteiger partial charge in [-0.1, -0.05) is 212 Å². The van der Waals surface area contributed by atoms with Gasteiger partial charge >= 0.3 is 0 Å². The van der Waals surface area contributed by atoms with E-state index in [2.05, 4.69) is 212 Å². The summed E-state index contributed by atoms with van der Waals surface area (Å²) >= 11 is 0. The van der Waals surface area contributed by atoms with Crippen LogP contribution in [0, 0.1) is 0 Å². The Morgan fingerprint density at radius 1 is 0.226 bits per heavy atom. The molecule has 0 N–H and O–H groups in total. The van der Waals surface area contributed by atoms with Gasteiger partial charge in [-0.15, -0.1) is 0 Å². The van der Waals surface area contributed by atoms with Gasteiger partial charge in [0.1, 0.15) is 0 Å². The second-order valence-corrected chi connectivity index (χ2v) is 16.1. The molecule has 12 rings (SSSR count). The second kappa shape index (κ2) is 14.8. The van der Waals surface area contributed by atoms with Gasteiger partial charge in [0.15, 0.2) is 5.82 Å². The number of aromatic nitrogens is 2. The molecule has 2 nitrogen and oxygen atoms in total. The molecule has 1 heterocycles. The number of nitrogens with zero attached hydrogens (tertiary/aromatic N) is 2. The third kappa shape index (κ3) is 6.12. The summed E-state index contributed by atoms with van der Waals surface area (Å²) in [5.41, 5.74) is 12.0. The number of rotatable bonds is 6. The van der Waals surface area contributed by atoms with Crippen LogP contribution in [0.2, 0.25) is 0 Å². The zero-order valence-electron chi connectivity index (χ0n) is 33.8. The van der Waals surface area contributed by atoms with Crippen molar-refractivity contribution in [1.82, 2.24) is 9.97 Å². The molecule has 0 radical (unpaired) electrons. The average Bonchev–Trinajstić information content (AvgIpc) is 3.35. The van der Waals surface area contributed by atoms with Gasteiger partial charge in [0.2, 0.25) is 0 Å². The summed E-state index contributed by atoms with van der Waals surface area (Å²) in [6.45, 7) is 0. The lowest BCUT2D eigenvalue weighted by Crippen LogP contribution is -1.97. The van der Waals surface area contributed by atoms with Gasteiger partial charge in [0.05, 0.1) is 11.4 Å². The third-order valence-corrected chi connectivity index (χ3v) is 12.5. The van der Waals surface area contributed by atoms with Crippen LogP contribution < -0.4 is 0 Å². The van der Waals surface area contributed by atoms with Crippen molar-refractivity contribution >= 4 is 53.9 Å². The molecule has 12 aromatic rings. The molecular formula is C60H38N2. The first-order valence-corrected chi connectivity index (χ1v) is 21.2. The fourth-order valence-electron chi connectivity index (χ4n) is 9.48. The minimum absolute atomic E-state index is 0.698. The molecule has 0 fully saturated rings. The van der Waals surface area contributed by atoms with Crippen LogP contribution in [0.5, 0.6) is 0 Å². The van der Waals surface area contributed by atoms with E-state index in [0.29, 0.717) is 5.82 Å². The van der Waals surface area contributed by atoms with E-state index < -0.39 is 0 Å². The van der Waals surface area contributed by atoms with Crippen LogP contribution in [-0.2, 0) is 0 Å². The van der Waals surface area contributed by atoms with Gasteiger partial charge in [-0.05, 0) is 105 Å². The van der Waals surface area contributed by atoms with Gasteiger partial charge < -0.3 is 0 Å². The lowest BCUT2D eigenvalue weighted by Gasteiger charge is -2.16. The Morgan fingerprint density at radius 3 is 1.56 bits per heavy atom. The molecule has 0 amide bonds. The average molecular weight is 787 g/mol. The van der Waals surface area contributed by atoms with Crippen molar-refractivity contribution in [3.05, 3.63) is 231 Å². The fourth-order valence-corrected chi connectivity index (χ4v) is 9.48. The van der Waals surface area contributed by atoms with E-state index in [-0.39, 0.29) is 0 Å². The molecule has 0 spiro atoms. The Balaban J connectivity index is 0.989. The maximum absolute atomic E-state index is 5.30. The lowest BCUT2D eigenvalue weighted by molar-refractivity contribution is 1.19. The van der Waals surface area contributed by atoms with E-state index in [1.165, 1.54) is 70.7 Å². The van der Waals surface area contributed by atoms with Crippen molar-refractivity contribution in [2.45, 2.75) is 0 Å². The van der Waals surface area contributed by atoms with Gasteiger partial charge in [-0.25, -0.2) is 9.97 Å². The highest BCUT2D eigenvalue weighted by Crippen LogP contribution is 2.42. The van der Waals surface area contributed by atoms with Crippen LogP contribution in [0.25, 0.3) is 121 Å². The van der Waals surface area contributed by atoms with E-state index in [1.54, 1.807) is 0 Å². The molecule has 0 bridgehead atoms. The normalized spacial score (nSPS) is 11.5. The standard InChI is InChI=1S/C60H38N2/c1-2-16-43(17-3-1)60-61-57(53-25-13-10-21-48(53)46-31-26-39-14-4-5-18-44(39)36-46)38-58(62-60)54-35-34-49(51-23-11-12-24-52(51)54)41-27-29-42(30-28-41)59-50-22-9-7-19-45(50)37-56-47-20-8-6-15-40(47)32-33-55(56)59/h1-38H. The maximum Gasteiger partial charge on any atom is 0.160 e. The highest BCUT2D eigenvalue weighted by Gasteiger charge is 2.18. The quantitative estimate of drug-likeness (QED) is 0.124. The zero-order chi connectivity index (χ0) is 41.0. The summed E-state index contributed by atoms with van der Waals surface area (Å²) in [6.07, 6.45) is 0. The monoisotopic (exact) mass is 786 g/mol. The molecule has 2 heteroatoms. The zero-order valence-corrected chi connectivity index (χ0v) is 33.8. The molecule has 62 heavy (non-hydrogen) atoms. The first kappa shape index (κ1) is 35.7. The molecule has 0 aliphatic carbocycles. The molecule has 0 aliphatic heterocycles. The maximum atomic E-state index is 5.30. The van der Waals surface area contributed by atoms with E-state index in [0.717, 1.165) is 44.6 Å². The summed E-state index contributed by atoms with van der Waals surface area (Å²) in [4.78, 5) is 10.6. The van der Waals surface area contributed by atoms with Crippen LogP contribution in [0.15, 0.2) is 231 Å². The molecule has 1 aromatic heterocycles. The van der Waals surface area contributed by atoms with Crippen LogP contribution in [0.3, 0.4) is 0 Å². The van der Waals surface area contributed by atoms with E-state index in [1.807, 2.05) is 18.2 Å². The van der Waals surface area contributed by atoms with Gasteiger partial charge in [-0.3, -0.25) is 0 Å². The number of hydrogen-bond acceptors (Lipinski definition) is 2. The number of fused-ring (bicyclic) bond motifs is 6. The molecule has 0 aliphatic rings. The SMILES string of the molecule is c1ccc(-c2nc(-c3ccccc3-c3ccc4ccccc4c3)cc(-c3ccc(-c4ccc(-c5c6ccccc6cc6c5ccc5ccccc56)cc4)c4ccccc34)n2)cc1. The molecule has 0 saturated carbocycles. The van der Waals surface area contributed by atoms with Crippen LogP contribution >= 0.6 is 0 Å². The number of benzene rings is 11. The molecule has 11 aromatic carbocycles. The molecular weight excluding hydrogens is 749 g/mol. The summed E-state index contributed by atoms with van der Waals surface area (Å²) in [7, 11) is 0. The van der Waals surface area contributed by atoms with E-state index in [9.17, 15) is 0 Å². The highest BCUT2D eigenvalue weighted by molar-refractivity contribution is 6.20. The van der Waals surface area contributed by atoms with Crippen LogP contribution in [-0.4, -0.2) is 9.97 Å². The van der Waals surface area contributed by atoms with Crippen molar-refractivity contribution in [3.63, 3.8) is 0 Å². The molecule has 0 unspecified atom stereocenters. The summed E-state index contributed by atoms with van der Waals surface area (Å²) in [5, 5.41) is 12.4. The first-order chi connectivity index (χ1) is 30.7. The predicted molar refractivity (Wildman–Crippen MR) is 262 cm³/mol.